The van der Waals surface area contributed by atoms with Gasteiger partial charge in [0.1, 0.15) is 5.75 Å². The van der Waals surface area contributed by atoms with Gasteiger partial charge in [-0.05, 0) is 43.5 Å². The molecule has 156 valence electrons. The lowest BCUT2D eigenvalue weighted by Crippen LogP contribution is -2.30. The molecule has 0 aliphatic carbocycles. The van der Waals surface area contributed by atoms with Gasteiger partial charge in [-0.1, -0.05) is 46.5 Å². The van der Waals surface area contributed by atoms with Crippen molar-refractivity contribution >= 4 is 15.8 Å². The summed E-state index contributed by atoms with van der Waals surface area (Å²) in [7, 11) is -3.90. The molecule has 0 aliphatic rings. The number of aliphatic carboxylic acids is 1. The van der Waals surface area contributed by atoms with Gasteiger partial charge in [-0.15, -0.1) is 0 Å². The number of ether oxygens (including phenoxy) is 1. The van der Waals surface area contributed by atoms with Crippen LogP contribution >= 0.6 is 0 Å². The Morgan fingerprint density at radius 3 is 2.04 bits per heavy atom. The number of carboxylic acid groups (broad SMARTS) is 1. The smallest absolute Gasteiger partial charge is 0.322 e. The van der Waals surface area contributed by atoms with Crippen molar-refractivity contribution in [3.05, 3.63) is 24.3 Å². The highest BCUT2D eigenvalue weighted by Gasteiger charge is 2.33. The highest BCUT2D eigenvalue weighted by Crippen LogP contribution is 2.24. The lowest BCUT2D eigenvalue weighted by atomic mass is 10.1. The van der Waals surface area contributed by atoms with Crippen molar-refractivity contribution in [2.24, 2.45) is 5.90 Å². The Balaban J connectivity index is 0.00000326. The summed E-state index contributed by atoms with van der Waals surface area (Å²) >= 11 is 0. The second-order valence-electron chi connectivity index (χ2n) is 6.25. The number of unbranched alkanes of at least 4 members (excludes halogenated alkanes) is 3. The first-order chi connectivity index (χ1) is 12.9. The average Bonchev–Trinajstić information content (AvgIpc) is 2.67. The molecule has 0 fully saturated rings. The maximum atomic E-state index is 12.7. The van der Waals surface area contributed by atoms with Crippen molar-refractivity contribution in [2.75, 3.05) is 0 Å². The van der Waals surface area contributed by atoms with Crippen LogP contribution in [-0.2, 0) is 14.6 Å². The molecule has 4 N–H and O–H groups in total. The highest BCUT2D eigenvalue weighted by molar-refractivity contribution is 7.92. The Morgan fingerprint density at radius 2 is 1.59 bits per heavy atom. The standard InChI is InChI=1S/C19H30O5S.H3NO/c1-4-7-8-9-10-18(19(20)21)25(22,23)17-13-11-16(12-14-17)24-15(5-2)6-3;1-2/h11-15,18H,4-10H2,1-3H3,(H,20,21);2H,1H2. The van der Waals surface area contributed by atoms with E-state index in [0.29, 0.717) is 12.2 Å². The summed E-state index contributed by atoms with van der Waals surface area (Å²) in [6.45, 7) is 6.11. The third-order valence-corrected chi connectivity index (χ3v) is 6.45. The normalized spacial score (nSPS) is 12.2. The Hall–Kier alpha value is -1.64. The first kappa shape index (κ1) is 25.4. The van der Waals surface area contributed by atoms with E-state index in [0.717, 1.165) is 32.1 Å². The van der Waals surface area contributed by atoms with Crippen molar-refractivity contribution in [3.8, 4) is 5.75 Å². The molecule has 1 aromatic carbocycles. The topological polar surface area (TPSA) is 127 Å². The van der Waals surface area contributed by atoms with Crippen molar-refractivity contribution < 1.29 is 28.3 Å². The SMILES string of the molecule is CCCCCCC(C(=O)O)S(=O)(=O)c1ccc(OC(CC)CC)cc1.NO. The second-order valence-corrected chi connectivity index (χ2v) is 8.38. The maximum Gasteiger partial charge on any atom is 0.322 e. The van der Waals surface area contributed by atoms with Crippen LogP contribution in [0, 0.1) is 0 Å². The van der Waals surface area contributed by atoms with Gasteiger partial charge in [0.2, 0.25) is 0 Å². The minimum Gasteiger partial charge on any atom is -0.490 e. The zero-order valence-corrected chi connectivity index (χ0v) is 17.2. The van der Waals surface area contributed by atoms with Crippen LogP contribution in [0.25, 0.3) is 0 Å². The molecule has 0 radical (unpaired) electrons. The molecule has 0 aliphatic heterocycles. The summed E-state index contributed by atoms with van der Waals surface area (Å²) in [5, 5.41) is 14.5. The van der Waals surface area contributed by atoms with Gasteiger partial charge in [-0.3, -0.25) is 4.79 Å². The molecule has 27 heavy (non-hydrogen) atoms. The summed E-state index contributed by atoms with van der Waals surface area (Å²) in [4.78, 5) is 11.5. The molecular weight excluding hydrogens is 370 g/mol. The van der Waals surface area contributed by atoms with Gasteiger partial charge >= 0.3 is 5.97 Å². The third kappa shape index (κ3) is 8.28. The van der Waals surface area contributed by atoms with Crippen molar-refractivity contribution in [1.29, 1.82) is 0 Å². The van der Waals surface area contributed by atoms with Gasteiger partial charge in [0.05, 0.1) is 11.0 Å². The van der Waals surface area contributed by atoms with Crippen LogP contribution in [0.1, 0.15) is 65.7 Å². The van der Waals surface area contributed by atoms with E-state index in [9.17, 15) is 18.3 Å². The summed E-state index contributed by atoms with van der Waals surface area (Å²) < 4.78 is 31.1. The van der Waals surface area contributed by atoms with Gasteiger partial charge in [0.15, 0.2) is 15.1 Å². The van der Waals surface area contributed by atoms with E-state index >= 15 is 0 Å². The van der Waals surface area contributed by atoms with Gasteiger partial charge in [0, 0.05) is 0 Å². The van der Waals surface area contributed by atoms with Crippen LogP contribution < -0.4 is 10.6 Å². The number of hydrogen-bond acceptors (Lipinski definition) is 6. The van der Waals surface area contributed by atoms with Crippen LogP contribution in [0.2, 0.25) is 0 Å². The number of sulfone groups is 1. The lowest BCUT2D eigenvalue weighted by Gasteiger charge is -2.17. The summed E-state index contributed by atoms with van der Waals surface area (Å²) in [5.74, 6) is 2.82. The number of benzene rings is 1. The molecule has 0 heterocycles. The lowest BCUT2D eigenvalue weighted by molar-refractivity contribution is -0.136. The zero-order valence-electron chi connectivity index (χ0n) is 16.4. The van der Waals surface area contributed by atoms with E-state index < -0.39 is 21.1 Å². The third-order valence-electron chi connectivity index (χ3n) is 4.34. The minimum atomic E-state index is -3.90. The quantitative estimate of drug-likeness (QED) is 0.358. The highest BCUT2D eigenvalue weighted by atomic mass is 32.2. The number of carboxylic acids is 1. The first-order valence-corrected chi connectivity index (χ1v) is 10.9. The summed E-state index contributed by atoms with van der Waals surface area (Å²) in [6, 6.07) is 6.08. The maximum absolute atomic E-state index is 12.7. The van der Waals surface area contributed by atoms with Gasteiger partial charge in [0.25, 0.3) is 0 Å². The number of hydrogen-bond donors (Lipinski definition) is 3. The number of nitrogens with two attached hydrogens (primary N) is 1. The predicted octanol–water partition coefficient (Wildman–Crippen LogP) is 3.79. The Morgan fingerprint density at radius 1 is 1.04 bits per heavy atom. The molecule has 1 rings (SSSR count). The molecule has 0 spiro atoms. The number of rotatable bonds is 12. The van der Waals surface area contributed by atoms with Crippen molar-refractivity contribution in [3.63, 3.8) is 0 Å². The van der Waals surface area contributed by atoms with Gasteiger partial charge in [-0.25, -0.2) is 14.3 Å². The molecular formula is C19H33NO6S. The van der Waals surface area contributed by atoms with E-state index in [2.05, 4.69) is 12.8 Å². The van der Waals surface area contributed by atoms with Crippen LogP contribution in [0.3, 0.4) is 0 Å². The fourth-order valence-corrected chi connectivity index (χ4v) is 4.27. The summed E-state index contributed by atoms with van der Waals surface area (Å²) in [5.41, 5.74) is 0. The second kappa shape index (κ2) is 13.5. The Labute approximate surface area is 162 Å². The van der Waals surface area contributed by atoms with Gasteiger partial charge < -0.3 is 15.1 Å². The van der Waals surface area contributed by atoms with E-state index in [1.54, 1.807) is 12.1 Å². The van der Waals surface area contributed by atoms with Crippen LogP contribution in [-0.4, -0.2) is 36.1 Å². The molecule has 1 atom stereocenters. The van der Waals surface area contributed by atoms with Gasteiger partial charge in [-0.2, -0.15) is 0 Å². The molecule has 0 saturated carbocycles. The molecule has 1 aromatic rings. The molecule has 0 saturated heterocycles. The molecule has 0 aromatic heterocycles. The van der Waals surface area contributed by atoms with E-state index in [1.807, 2.05) is 13.8 Å². The number of carbonyl (C=O) groups is 1. The van der Waals surface area contributed by atoms with Crippen molar-refractivity contribution in [1.82, 2.24) is 0 Å². The monoisotopic (exact) mass is 403 g/mol. The fourth-order valence-electron chi connectivity index (χ4n) is 2.69. The molecule has 0 bridgehead atoms. The summed E-state index contributed by atoms with van der Waals surface area (Å²) in [6.07, 6.45) is 5.41. The first-order valence-electron chi connectivity index (χ1n) is 9.36. The fraction of sp³-hybridized carbons (Fsp3) is 0.632. The van der Waals surface area contributed by atoms with Crippen LogP contribution in [0.4, 0.5) is 0 Å². The minimum absolute atomic E-state index is 0.0345. The molecule has 8 heteroatoms. The molecule has 1 unspecified atom stereocenters. The average molecular weight is 404 g/mol. The van der Waals surface area contributed by atoms with E-state index in [4.69, 9.17) is 9.94 Å². The largest absolute Gasteiger partial charge is 0.490 e. The van der Waals surface area contributed by atoms with Crippen LogP contribution in [0.5, 0.6) is 5.75 Å². The van der Waals surface area contributed by atoms with Crippen molar-refractivity contribution in [2.45, 2.75) is 82.0 Å². The molecule has 0 amide bonds. The van der Waals surface area contributed by atoms with E-state index in [1.165, 1.54) is 12.1 Å². The Bertz CT molecular complexity index is 626. The predicted molar refractivity (Wildman–Crippen MR) is 105 cm³/mol. The van der Waals surface area contributed by atoms with Crippen LogP contribution in [0.15, 0.2) is 29.2 Å². The molecule has 7 nitrogen and oxygen atoms in total. The zero-order chi connectivity index (χ0) is 20.9. The van der Waals surface area contributed by atoms with E-state index in [-0.39, 0.29) is 17.4 Å². The Kier molecular flexibility index (Phi) is 12.7.